The number of benzene rings is 6. The fourth-order valence-electron chi connectivity index (χ4n) is 11.1. The standard InChI is InChI=1S/C58H40N4S6/c1-29-7-15-36(16-8-29)57(37-17-9-30(2)10-18-37)43-26-42-44(25-41(43)40-23-35-24-48(65-47(35)27-45(40)57)51-61-55-53(67-51)59-33(5)63-55)58(38-19-11-31(3)12-20-38,39-21-13-32(4)14-22-39)46-28-49(66-50(42)46)52-62-56-54(68-52)60-34(6)64-56/h7-28H,1-6H3. The van der Waals surface area contributed by atoms with E-state index in [-0.39, 0.29) is 0 Å². The number of aryl methyl sites for hydroxylation is 6. The molecule has 0 N–H and O–H groups in total. The summed E-state index contributed by atoms with van der Waals surface area (Å²) >= 11 is 10.5. The number of rotatable bonds is 6. The number of hydrogen-bond donors (Lipinski definition) is 0. The lowest BCUT2D eigenvalue weighted by atomic mass is 9.65. The first-order chi connectivity index (χ1) is 33.0. The van der Waals surface area contributed by atoms with E-state index in [1.807, 2.05) is 22.7 Å². The van der Waals surface area contributed by atoms with Crippen molar-refractivity contribution in [3.8, 4) is 41.3 Å². The highest BCUT2D eigenvalue weighted by molar-refractivity contribution is 7.31. The summed E-state index contributed by atoms with van der Waals surface area (Å²) in [5, 5.41) is 5.42. The van der Waals surface area contributed by atoms with Crippen LogP contribution in [0.25, 0.3) is 70.7 Å². The molecule has 14 rings (SSSR count). The Morgan fingerprint density at radius 3 is 1.22 bits per heavy atom. The minimum absolute atomic E-state index is 0.595. The maximum absolute atomic E-state index is 5.23. The summed E-state index contributed by atoms with van der Waals surface area (Å²) < 4.78 is 1.26. The van der Waals surface area contributed by atoms with Crippen LogP contribution in [0.2, 0.25) is 0 Å². The summed E-state index contributed by atoms with van der Waals surface area (Å²) in [6.45, 7) is 12.9. The van der Waals surface area contributed by atoms with Crippen molar-refractivity contribution < 1.29 is 0 Å². The zero-order valence-corrected chi connectivity index (χ0v) is 42.8. The van der Waals surface area contributed by atoms with E-state index in [0.717, 1.165) is 39.4 Å². The Hall–Kier alpha value is -5.98. The smallest absolute Gasteiger partial charge is 0.155 e. The van der Waals surface area contributed by atoms with Crippen molar-refractivity contribution in [1.82, 2.24) is 19.9 Å². The Balaban J connectivity index is 1.10. The second-order valence-electron chi connectivity index (χ2n) is 18.5. The van der Waals surface area contributed by atoms with Gasteiger partial charge >= 0.3 is 0 Å². The van der Waals surface area contributed by atoms with Gasteiger partial charge in [0.25, 0.3) is 0 Å². The maximum atomic E-state index is 5.23. The Kier molecular flexibility index (Phi) is 8.91. The zero-order chi connectivity index (χ0) is 45.8. The highest BCUT2D eigenvalue weighted by Gasteiger charge is 2.52. The lowest BCUT2D eigenvalue weighted by molar-refractivity contribution is 0.759. The maximum Gasteiger partial charge on any atom is 0.155 e. The van der Waals surface area contributed by atoms with Crippen molar-refractivity contribution in [3.63, 3.8) is 0 Å². The van der Waals surface area contributed by atoms with Gasteiger partial charge < -0.3 is 0 Å². The number of fused-ring (bicyclic) bond motifs is 9. The molecule has 6 aromatic carbocycles. The molecular weight excluding hydrogens is 945 g/mol. The first-order valence-corrected chi connectivity index (χ1v) is 27.6. The van der Waals surface area contributed by atoms with Gasteiger partial charge in [-0.1, -0.05) is 165 Å². The Morgan fingerprint density at radius 2 is 0.735 bits per heavy atom. The molecule has 0 unspecified atom stereocenters. The van der Waals surface area contributed by atoms with Crippen LogP contribution in [-0.4, -0.2) is 19.9 Å². The minimum Gasteiger partial charge on any atom is -0.229 e. The normalized spacial score (nSPS) is 14.3. The molecule has 0 saturated heterocycles. The van der Waals surface area contributed by atoms with Gasteiger partial charge in [-0.05, 0) is 145 Å². The predicted molar refractivity (Wildman–Crippen MR) is 291 cm³/mol. The number of nitrogens with zero attached hydrogens (tertiary/aromatic N) is 4. The first-order valence-electron chi connectivity index (χ1n) is 22.7. The van der Waals surface area contributed by atoms with Crippen molar-refractivity contribution in [2.24, 2.45) is 0 Å². The van der Waals surface area contributed by atoms with Crippen LogP contribution in [-0.2, 0) is 10.8 Å². The number of aromatic nitrogens is 4. The predicted octanol–water partition coefficient (Wildman–Crippen LogP) is 17.0. The third kappa shape index (κ3) is 5.79. The van der Waals surface area contributed by atoms with E-state index in [1.54, 1.807) is 45.3 Å². The largest absolute Gasteiger partial charge is 0.229 e. The molecule has 0 spiro atoms. The van der Waals surface area contributed by atoms with E-state index >= 15 is 0 Å². The van der Waals surface area contributed by atoms with Crippen LogP contribution in [0.3, 0.4) is 0 Å². The molecule has 6 aromatic heterocycles. The third-order valence-electron chi connectivity index (χ3n) is 14.2. The van der Waals surface area contributed by atoms with Crippen LogP contribution in [0, 0.1) is 41.5 Å². The minimum atomic E-state index is -0.604. The second-order valence-corrected chi connectivity index (χ2v) is 25.0. The quantitative estimate of drug-likeness (QED) is 0.167. The Morgan fingerprint density at radius 1 is 0.338 bits per heavy atom. The van der Waals surface area contributed by atoms with Gasteiger partial charge in [0, 0.05) is 9.58 Å². The first kappa shape index (κ1) is 41.0. The van der Waals surface area contributed by atoms with E-state index in [1.165, 1.54) is 108 Å². The van der Waals surface area contributed by atoms with Crippen LogP contribution in [0.1, 0.15) is 76.8 Å². The molecule has 0 saturated carbocycles. The van der Waals surface area contributed by atoms with Gasteiger partial charge in [-0.2, -0.15) is 0 Å². The molecule has 0 aliphatic heterocycles. The topological polar surface area (TPSA) is 51.6 Å². The molecule has 12 aromatic rings. The number of thiophene rings is 2. The van der Waals surface area contributed by atoms with E-state index in [9.17, 15) is 0 Å². The summed E-state index contributed by atoms with van der Waals surface area (Å²) in [6.07, 6.45) is 0. The third-order valence-corrected chi connectivity index (χ3v) is 20.7. The van der Waals surface area contributed by atoms with Gasteiger partial charge in [0.05, 0.1) is 30.6 Å². The van der Waals surface area contributed by atoms with E-state index in [4.69, 9.17) is 19.9 Å². The molecule has 0 radical (unpaired) electrons. The van der Waals surface area contributed by atoms with Crippen molar-refractivity contribution in [3.05, 3.63) is 210 Å². The molecule has 0 atom stereocenters. The van der Waals surface area contributed by atoms with E-state index < -0.39 is 10.8 Å². The van der Waals surface area contributed by atoms with Gasteiger partial charge in [-0.25, -0.2) is 19.9 Å². The van der Waals surface area contributed by atoms with Crippen LogP contribution in [0.4, 0.5) is 0 Å². The fourth-order valence-corrected chi connectivity index (χ4v) is 17.4. The Bertz CT molecular complexity index is 3870. The van der Waals surface area contributed by atoms with E-state index in [2.05, 4.69) is 175 Å². The molecule has 0 bridgehead atoms. The molecule has 2 aliphatic carbocycles. The van der Waals surface area contributed by atoms with Gasteiger partial charge in [-0.3, -0.25) is 0 Å². The number of thiazole rings is 4. The van der Waals surface area contributed by atoms with Crippen molar-refractivity contribution in [2.75, 3.05) is 0 Å². The zero-order valence-electron chi connectivity index (χ0n) is 37.9. The molecule has 328 valence electrons. The van der Waals surface area contributed by atoms with Crippen LogP contribution in [0.15, 0.2) is 133 Å². The molecule has 0 amide bonds. The lowest BCUT2D eigenvalue weighted by Crippen LogP contribution is -2.30. The van der Waals surface area contributed by atoms with Crippen LogP contribution >= 0.6 is 68.0 Å². The average Bonchev–Trinajstić information content (AvgIpc) is 4.21. The van der Waals surface area contributed by atoms with Crippen molar-refractivity contribution in [1.29, 1.82) is 0 Å². The highest BCUT2D eigenvalue weighted by Crippen LogP contribution is 2.65. The van der Waals surface area contributed by atoms with Gasteiger partial charge in [0.1, 0.15) is 10.0 Å². The van der Waals surface area contributed by atoms with Gasteiger partial charge in [0.2, 0.25) is 0 Å². The molecule has 0 fully saturated rings. The molecule has 6 heterocycles. The van der Waals surface area contributed by atoms with E-state index in [0.29, 0.717) is 0 Å². The summed E-state index contributed by atoms with van der Waals surface area (Å²) in [6, 6.07) is 52.4. The molecular formula is C58H40N4S6. The summed E-state index contributed by atoms with van der Waals surface area (Å²) in [4.78, 5) is 27.7. The van der Waals surface area contributed by atoms with Gasteiger partial charge in [0.15, 0.2) is 19.3 Å². The molecule has 2 aliphatic rings. The van der Waals surface area contributed by atoms with Crippen molar-refractivity contribution in [2.45, 2.75) is 52.4 Å². The van der Waals surface area contributed by atoms with Crippen molar-refractivity contribution >= 4 is 97.4 Å². The van der Waals surface area contributed by atoms with Gasteiger partial charge in [-0.15, -0.1) is 22.7 Å². The Labute approximate surface area is 418 Å². The molecule has 4 nitrogen and oxygen atoms in total. The fraction of sp³-hybridized carbons (Fsp3) is 0.138. The monoisotopic (exact) mass is 984 g/mol. The van der Waals surface area contributed by atoms with Crippen LogP contribution < -0.4 is 0 Å². The van der Waals surface area contributed by atoms with Crippen LogP contribution in [0.5, 0.6) is 0 Å². The SMILES string of the molecule is Cc1ccc(C2(c3ccc(C)cc3)c3cc4c(cc3-c3cc5cc(-c6nc7sc(C)nc7s6)sc5cc32)C(c2ccc(C)cc2)(c2ccc(C)cc2)c2cc(-c3nc5sc(C)nc5s3)sc2-4)cc1. The second kappa shape index (κ2) is 14.8. The summed E-state index contributed by atoms with van der Waals surface area (Å²) in [5.41, 5.74) is 18.0. The molecule has 10 heteroatoms. The summed E-state index contributed by atoms with van der Waals surface area (Å²) in [7, 11) is 0. The highest BCUT2D eigenvalue weighted by atomic mass is 32.1. The number of hydrogen-bond acceptors (Lipinski definition) is 10. The average molecular weight is 985 g/mol. The molecule has 68 heavy (non-hydrogen) atoms. The summed E-state index contributed by atoms with van der Waals surface area (Å²) in [5.74, 6) is 0. The lowest BCUT2D eigenvalue weighted by Gasteiger charge is -2.35.